The van der Waals surface area contributed by atoms with Crippen molar-refractivity contribution in [3.05, 3.63) is 48.6 Å². The van der Waals surface area contributed by atoms with Gasteiger partial charge in [-0.05, 0) is 135 Å². The Morgan fingerprint density at radius 1 is 0.349 bits per heavy atom. The molecule has 2 unspecified atom stereocenters. The molecule has 0 saturated heterocycles. The maximum Gasteiger partial charge on any atom is 0.397 e. The number of aliphatic hydroxyl groups excluding tert-OH is 3. The Morgan fingerprint density at radius 2 is 0.640 bits per heavy atom. The van der Waals surface area contributed by atoms with E-state index in [-0.39, 0.29) is 31.8 Å². The number of aliphatic hydroxyl groups is 3. The average molecular weight is 1210 g/mol. The van der Waals surface area contributed by atoms with Gasteiger partial charge in [0.2, 0.25) is 0 Å². The van der Waals surface area contributed by atoms with E-state index in [2.05, 4.69) is 70.2 Å². The van der Waals surface area contributed by atoms with Gasteiger partial charge in [-0.1, -0.05) is 263 Å². The first-order valence-corrected chi connectivity index (χ1v) is 36.5. The van der Waals surface area contributed by atoms with Crippen molar-refractivity contribution in [3.63, 3.8) is 0 Å². The molecule has 3 N–H and O–H groups in total. The quantitative estimate of drug-likeness (QED) is 0.0174. The first kappa shape index (κ1) is 82.7. The van der Waals surface area contributed by atoms with E-state index in [4.69, 9.17) is 18.9 Å². The second kappa shape index (κ2) is 64.7. The fourth-order valence-corrected chi connectivity index (χ4v) is 10.8. The number of hydrogen-bond acceptors (Lipinski definition) is 11. The number of hydrogen-bond donors (Lipinski definition) is 3. The van der Waals surface area contributed by atoms with Crippen molar-refractivity contribution in [2.24, 2.45) is 0 Å². The van der Waals surface area contributed by atoms with Gasteiger partial charge in [0.1, 0.15) is 12.7 Å². The van der Waals surface area contributed by atoms with E-state index >= 15 is 0 Å². The Bertz CT molecular complexity index is 1580. The molecule has 0 saturated carbocycles. The minimum absolute atomic E-state index is 0.0251. The van der Waals surface area contributed by atoms with Crippen molar-refractivity contribution in [3.8, 4) is 0 Å². The third-order valence-corrected chi connectivity index (χ3v) is 16.4. The minimum Gasteiger partial charge on any atom is -0.457 e. The summed E-state index contributed by atoms with van der Waals surface area (Å²) in [5.41, 5.74) is 0. The van der Waals surface area contributed by atoms with E-state index in [0.29, 0.717) is 38.5 Å². The molecule has 0 heterocycles. The maximum atomic E-state index is 14.7. The molecule has 0 radical (unpaired) electrons. The highest BCUT2D eigenvalue weighted by atomic mass is 16.8. The minimum atomic E-state index is -2.78. The lowest BCUT2D eigenvalue weighted by Crippen LogP contribution is -2.58. The predicted octanol–water partition coefficient (Wildman–Crippen LogP) is 20.9. The van der Waals surface area contributed by atoms with Crippen LogP contribution in [0.5, 0.6) is 0 Å². The van der Waals surface area contributed by atoms with Crippen LogP contribution in [-0.2, 0) is 38.1 Å². The molecule has 0 aromatic heterocycles. The number of ether oxygens (including phenoxy) is 4. The Labute approximate surface area is 528 Å². The molecule has 0 spiro atoms. The molecule has 11 nitrogen and oxygen atoms in total. The molecule has 0 fully saturated rings. The van der Waals surface area contributed by atoms with Crippen LogP contribution >= 0.6 is 0 Å². The van der Waals surface area contributed by atoms with E-state index in [0.717, 1.165) is 154 Å². The zero-order valence-corrected chi connectivity index (χ0v) is 56.3. The van der Waals surface area contributed by atoms with Gasteiger partial charge in [0.05, 0.1) is 12.7 Å². The molecule has 11 heteroatoms. The van der Waals surface area contributed by atoms with Gasteiger partial charge < -0.3 is 34.3 Å². The van der Waals surface area contributed by atoms with Gasteiger partial charge in [0, 0.05) is 19.3 Å². The van der Waals surface area contributed by atoms with Crippen molar-refractivity contribution in [1.29, 1.82) is 0 Å². The number of unbranched alkanes of at least 4 members (excludes halogenated alkanes) is 39. The molecule has 0 aliphatic heterocycles. The molecule has 502 valence electrons. The second-order valence-electron chi connectivity index (χ2n) is 24.9. The van der Waals surface area contributed by atoms with Crippen LogP contribution in [-0.4, -0.2) is 76.5 Å². The summed E-state index contributed by atoms with van der Waals surface area (Å²) in [6.07, 6.45) is 65.6. The van der Waals surface area contributed by atoms with Crippen LogP contribution in [0.25, 0.3) is 0 Å². The molecular formula is C75H136O11. The van der Waals surface area contributed by atoms with Crippen LogP contribution in [0.15, 0.2) is 48.6 Å². The molecule has 0 aliphatic carbocycles. The average Bonchev–Trinajstić information content (AvgIpc) is 1.25. The molecule has 0 aromatic rings. The lowest BCUT2D eigenvalue weighted by atomic mass is 10.0. The van der Waals surface area contributed by atoms with Gasteiger partial charge in [-0.2, -0.15) is 0 Å². The molecule has 0 bridgehead atoms. The van der Waals surface area contributed by atoms with Crippen molar-refractivity contribution < 1.29 is 53.4 Å². The summed E-state index contributed by atoms with van der Waals surface area (Å²) in [4.78, 5) is 56.9. The highest BCUT2D eigenvalue weighted by molar-refractivity contribution is 5.86. The summed E-state index contributed by atoms with van der Waals surface area (Å²) in [5.74, 6) is -6.22. The molecule has 0 aromatic carbocycles. The summed E-state index contributed by atoms with van der Waals surface area (Å²) >= 11 is 0. The fourth-order valence-electron chi connectivity index (χ4n) is 10.8. The monoisotopic (exact) mass is 1210 g/mol. The van der Waals surface area contributed by atoms with Gasteiger partial charge in [-0.3, -0.25) is 14.4 Å². The predicted molar refractivity (Wildman–Crippen MR) is 359 cm³/mol. The van der Waals surface area contributed by atoms with E-state index in [1.807, 2.05) is 6.08 Å². The zero-order chi connectivity index (χ0) is 62.9. The van der Waals surface area contributed by atoms with Crippen LogP contribution in [0.4, 0.5) is 0 Å². The highest BCUT2D eigenvalue weighted by Gasteiger charge is 2.57. The molecule has 0 amide bonds. The van der Waals surface area contributed by atoms with Crippen molar-refractivity contribution in [2.75, 3.05) is 13.2 Å². The van der Waals surface area contributed by atoms with E-state index in [1.54, 1.807) is 0 Å². The number of carbonyl (C=O) groups excluding carboxylic acids is 4. The number of esters is 4. The third-order valence-electron chi connectivity index (χ3n) is 16.4. The smallest absolute Gasteiger partial charge is 0.397 e. The third kappa shape index (κ3) is 53.7. The van der Waals surface area contributed by atoms with Gasteiger partial charge >= 0.3 is 29.7 Å². The summed E-state index contributed by atoms with van der Waals surface area (Å²) in [6.45, 7) is 7.54. The van der Waals surface area contributed by atoms with Crippen LogP contribution < -0.4 is 0 Å². The second-order valence-corrected chi connectivity index (χ2v) is 24.9. The Balaban J connectivity index is 6.28. The van der Waals surface area contributed by atoms with Crippen LogP contribution in [0, 0.1) is 0 Å². The fraction of sp³-hybridized carbons (Fsp3) is 0.840. The highest BCUT2D eigenvalue weighted by Crippen LogP contribution is 2.31. The SMILES string of the molecule is CCCCCCCCC=CCCCCCCCC(=O)OC(CCCCCC=CC[C@H](O)CCCCCC)C(OC(=O)CCCCCCCC=CCCCCCCCC)(OC(=O)CCCCCCCC=CCCCCCCCC)C(=O)OCC(O)CO. The van der Waals surface area contributed by atoms with Crippen LogP contribution in [0.3, 0.4) is 0 Å². The van der Waals surface area contributed by atoms with Crippen molar-refractivity contribution >= 4 is 23.9 Å². The van der Waals surface area contributed by atoms with Crippen molar-refractivity contribution in [2.45, 2.75) is 392 Å². The standard InChI is InChI=1S/C75H136O11/c1-5-9-13-17-20-23-26-29-32-35-38-41-44-51-57-63-71(79)84-70(62-56-50-48-47-49-55-61-68(77)60-54-16-12-8-4)75(74(82)83-67-69(78)66-76,85-72(80)64-58-52-45-42-39-36-33-30-27-24-21-18-14-10-6-2)86-73(81)65-59-53-46-43-40-37-34-31-28-25-22-19-15-11-7-3/h29-34,49,55,68-70,76-78H,5-28,35-48,50-54,56-67H2,1-4H3/t68-,69?,70?,75?/m1/s1. The Hall–Kier alpha value is -3.28. The van der Waals surface area contributed by atoms with Crippen LogP contribution in [0.1, 0.15) is 368 Å². The van der Waals surface area contributed by atoms with Crippen molar-refractivity contribution in [1.82, 2.24) is 0 Å². The van der Waals surface area contributed by atoms with Gasteiger partial charge in [-0.25, -0.2) is 4.79 Å². The lowest BCUT2D eigenvalue weighted by molar-refractivity contribution is -0.270. The number of allylic oxidation sites excluding steroid dienone is 7. The van der Waals surface area contributed by atoms with E-state index in [1.165, 1.54) is 122 Å². The molecule has 3 atom stereocenters. The largest absolute Gasteiger partial charge is 0.457 e. The number of rotatable bonds is 66. The number of carbonyl (C=O) groups is 4. The topological polar surface area (TPSA) is 166 Å². The summed E-state index contributed by atoms with van der Waals surface area (Å²) < 4.78 is 24.0. The van der Waals surface area contributed by atoms with Gasteiger partial charge in [-0.15, -0.1) is 0 Å². The molecule has 0 rings (SSSR count). The van der Waals surface area contributed by atoms with Gasteiger partial charge in [0.15, 0.2) is 6.10 Å². The van der Waals surface area contributed by atoms with Gasteiger partial charge in [0.25, 0.3) is 0 Å². The van der Waals surface area contributed by atoms with E-state index in [9.17, 15) is 34.5 Å². The summed E-state index contributed by atoms with van der Waals surface area (Å²) in [7, 11) is 0. The summed E-state index contributed by atoms with van der Waals surface area (Å²) in [6, 6.07) is 0. The zero-order valence-electron chi connectivity index (χ0n) is 56.3. The molecular weight excluding hydrogens is 1080 g/mol. The molecule has 86 heavy (non-hydrogen) atoms. The van der Waals surface area contributed by atoms with E-state index < -0.39 is 55.1 Å². The lowest BCUT2D eigenvalue weighted by Gasteiger charge is -2.36. The Kier molecular flexibility index (Phi) is 62.2. The summed E-state index contributed by atoms with van der Waals surface area (Å²) in [5, 5.41) is 30.6. The Morgan fingerprint density at radius 3 is 1.00 bits per heavy atom. The first-order chi connectivity index (χ1) is 42.1. The molecule has 0 aliphatic rings. The van der Waals surface area contributed by atoms with Crippen LogP contribution in [0.2, 0.25) is 0 Å². The maximum absolute atomic E-state index is 14.7. The normalized spacial score (nSPS) is 13.7. The first-order valence-electron chi connectivity index (χ1n) is 36.5.